The van der Waals surface area contributed by atoms with Crippen LogP contribution in [0, 0.1) is 0 Å². The van der Waals surface area contributed by atoms with Gasteiger partial charge in [0.05, 0.1) is 16.9 Å². The van der Waals surface area contributed by atoms with Gasteiger partial charge in [-0.1, -0.05) is 0 Å². The molecule has 6 heteroatoms. The van der Waals surface area contributed by atoms with Crippen LogP contribution < -0.4 is 10.2 Å². The molecule has 0 atom stereocenters. The summed E-state index contributed by atoms with van der Waals surface area (Å²) < 4.78 is 0. The van der Waals surface area contributed by atoms with Gasteiger partial charge in [-0.05, 0) is 18.2 Å². The Morgan fingerprint density at radius 1 is 1.35 bits per heavy atom. The van der Waals surface area contributed by atoms with Crippen molar-refractivity contribution in [3.63, 3.8) is 0 Å². The predicted octanol–water partition coefficient (Wildman–Crippen LogP) is 0.701. The number of rotatable bonds is 3. The van der Waals surface area contributed by atoms with Crippen LogP contribution in [0.3, 0.4) is 0 Å². The Bertz CT molecular complexity index is 473. The van der Waals surface area contributed by atoms with E-state index in [0.717, 1.165) is 5.69 Å². The van der Waals surface area contributed by atoms with Crippen molar-refractivity contribution in [2.75, 3.05) is 29.9 Å². The van der Waals surface area contributed by atoms with Crippen LogP contribution in [0.4, 0.5) is 11.4 Å². The summed E-state index contributed by atoms with van der Waals surface area (Å²) >= 11 is 0. The number of carbonyl (C=O) groups is 2. The van der Waals surface area contributed by atoms with E-state index in [1.807, 2.05) is 0 Å². The van der Waals surface area contributed by atoms with Crippen LogP contribution in [-0.4, -0.2) is 41.8 Å². The molecule has 1 aromatic carbocycles. The maximum Gasteiger partial charge on any atom is 0.335 e. The van der Waals surface area contributed by atoms with Crippen molar-refractivity contribution in [3.05, 3.63) is 23.8 Å². The molecule has 0 aromatic heterocycles. The third kappa shape index (κ3) is 2.30. The highest BCUT2D eigenvalue weighted by molar-refractivity contribution is 5.91. The second-order valence-electron chi connectivity index (χ2n) is 3.78. The molecule has 0 bridgehead atoms. The lowest BCUT2D eigenvalue weighted by molar-refractivity contribution is -0.135. The van der Waals surface area contributed by atoms with Gasteiger partial charge >= 0.3 is 11.9 Å². The van der Waals surface area contributed by atoms with E-state index in [0.29, 0.717) is 18.8 Å². The minimum Gasteiger partial charge on any atom is -0.480 e. The van der Waals surface area contributed by atoms with E-state index in [4.69, 9.17) is 10.2 Å². The van der Waals surface area contributed by atoms with Crippen molar-refractivity contribution in [3.8, 4) is 0 Å². The summed E-state index contributed by atoms with van der Waals surface area (Å²) in [5.74, 6) is -1.95. The minimum absolute atomic E-state index is 0.127. The summed E-state index contributed by atoms with van der Waals surface area (Å²) in [5.41, 5.74) is 1.55. The van der Waals surface area contributed by atoms with Gasteiger partial charge in [0.1, 0.15) is 6.54 Å². The van der Waals surface area contributed by atoms with Gasteiger partial charge in [0, 0.05) is 13.1 Å². The number of hydrogen-bond donors (Lipinski definition) is 3. The van der Waals surface area contributed by atoms with Gasteiger partial charge < -0.3 is 20.4 Å². The summed E-state index contributed by atoms with van der Waals surface area (Å²) in [5, 5.41) is 20.8. The summed E-state index contributed by atoms with van der Waals surface area (Å²) in [6.45, 7) is 1.06. The smallest absolute Gasteiger partial charge is 0.335 e. The molecule has 1 aliphatic heterocycles. The lowest BCUT2D eigenvalue weighted by atomic mass is 10.1. The largest absolute Gasteiger partial charge is 0.480 e. The molecular weight excluding hydrogens is 224 g/mol. The van der Waals surface area contributed by atoms with Gasteiger partial charge in [-0.3, -0.25) is 4.79 Å². The van der Waals surface area contributed by atoms with Crippen LogP contribution in [0.15, 0.2) is 18.2 Å². The average Bonchev–Trinajstić information content (AvgIpc) is 2.28. The Hall–Kier alpha value is -2.24. The summed E-state index contributed by atoms with van der Waals surface area (Å²) in [6.07, 6.45) is 0. The number of nitrogens with one attached hydrogen (secondary N) is 1. The third-order valence-corrected chi connectivity index (χ3v) is 2.61. The molecule has 3 N–H and O–H groups in total. The number of fused-ring (bicyclic) bond motifs is 1. The summed E-state index contributed by atoms with van der Waals surface area (Å²) in [6, 6.07) is 4.65. The van der Waals surface area contributed by atoms with Gasteiger partial charge in [0.2, 0.25) is 0 Å². The predicted molar refractivity (Wildman–Crippen MR) is 61.7 cm³/mol. The normalized spacial score (nSPS) is 13.8. The maximum atomic E-state index is 10.9. The van der Waals surface area contributed by atoms with Crippen LogP contribution in [0.2, 0.25) is 0 Å². The standard InChI is InChI=1S/C11H12N2O4/c14-10(15)6-13-4-3-12-8-2-1-7(11(16)17)5-9(8)13/h1-2,5,12H,3-4,6H2,(H,14,15)(H,16,17). The highest BCUT2D eigenvalue weighted by atomic mass is 16.4. The van der Waals surface area contributed by atoms with E-state index in [1.165, 1.54) is 12.1 Å². The van der Waals surface area contributed by atoms with E-state index in [1.54, 1.807) is 11.0 Å². The monoisotopic (exact) mass is 236 g/mol. The second-order valence-corrected chi connectivity index (χ2v) is 3.78. The molecule has 0 unspecified atom stereocenters. The molecule has 6 nitrogen and oxygen atoms in total. The number of carboxylic acids is 2. The Morgan fingerprint density at radius 3 is 2.76 bits per heavy atom. The molecule has 0 spiro atoms. The van der Waals surface area contributed by atoms with Gasteiger partial charge in [0.25, 0.3) is 0 Å². The lowest BCUT2D eigenvalue weighted by Crippen LogP contribution is -2.37. The fourth-order valence-electron chi connectivity index (χ4n) is 1.85. The fraction of sp³-hybridized carbons (Fsp3) is 0.273. The SMILES string of the molecule is O=C(O)CN1CCNc2ccc(C(=O)O)cc21. The lowest BCUT2D eigenvalue weighted by Gasteiger charge is -2.30. The molecule has 0 fully saturated rings. The van der Waals surface area contributed by atoms with Crippen LogP contribution in [-0.2, 0) is 4.79 Å². The Morgan fingerprint density at radius 2 is 2.12 bits per heavy atom. The van der Waals surface area contributed by atoms with E-state index in [9.17, 15) is 9.59 Å². The molecule has 0 amide bonds. The second kappa shape index (κ2) is 4.32. The highest BCUT2D eigenvalue weighted by Gasteiger charge is 2.19. The molecule has 1 aliphatic rings. The minimum atomic E-state index is -1.02. The van der Waals surface area contributed by atoms with Crippen molar-refractivity contribution < 1.29 is 19.8 Å². The zero-order valence-corrected chi connectivity index (χ0v) is 9.01. The van der Waals surface area contributed by atoms with Crippen molar-refractivity contribution in [1.29, 1.82) is 0 Å². The number of aliphatic carboxylic acids is 1. The fourth-order valence-corrected chi connectivity index (χ4v) is 1.85. The van der Waals surface area contributed by atoms with Crippen molar-refractivity contribution in [1.82, 2.24) is 0 Å². The molecule has 1 aromatic rings. The van der Waals surface area contributed by atoms with Gasteiger partial charge in [-0.25, -0.2) is 4.79 Å². The number of carboxylic acid groups (broad SMARTS) is 2. The molecule has 90 valence electrons. The van der Waals surface area contributed by atoms with E-state index < -0.39 is 11.9 Å². The van der Waals surface area contributed by atoms with Gasteiger partial charge in [-0.15, -0.1) is 0 Å². The van der Waals surface area contributed by atoms with Crippen LogP contribution in [0.1, 0.15) is 10.4 Å². The van der Waals surface area contributed by atoms with Crippen molar-refractivity contribution >= 4 is 23.3 Å². The van der Waals surface area contributed by atoms with Gasteiger partial charge in [0.15, 0.2) is 0 Å². The van der Waals surface area contributed by atoms with Crippen LogP contribution >= 0.6 is 0 Å². The van der Waals surface area contributed by atoms with E-state index in [-0.39, 0.29) is 12.1 Å². The van der Waals surface area contributed by atoms with E-state index in [2.05, 4.69) is 5.32 Å². The topological polar surface area (TPSA) is 89.9 Å². The average molecular weight is 236 g/mol. The first-order valence-electron chi connectivity index (χ1n) is 5.16. The molecule has 0 saturated carbocycles. The summed E-state index contributed by atoms with van der Waals surface area (Å²) in [7, 11) is 0. The Labute approximate surface area is 97.5 Å². The van der Waals surface area contributed by atoms with Crippen molar-refractivity contribution in [2.24, 2.45) is 0 Å². The number of nitrogens with zero attached hydrogens (tertiary/aromatic N) is 1. The highest BCUT2D eigenvalue weighted by Crippen LogP contribution is 2.29. The number of anilines is 2. The van der Waals surface area contributed by atoms with Crippen LogP contribution in [0.5, 0.6) is 0 Å². The molecule has 2 rings (SSSR count). The maximum absolute atomic E-state index is 10.9. The first-order valence-corrected chi connectivity index (χ1v) is 5.16. The first-order chi connectivity index (χ1) is 8.08. The van der Waals surface area contributed by atoms with E-state index >= 15 is 0 Å². The molecule has 0 saturated heterocycles. The molecule has 1 heterocycles. The molecule has 17 heavy (non-hydrogen) atoms. The van der Waals surface area contributed by atoms with Crippen molar-refractivity contribution in [2.45, 2.75) is 0 Å². The number of hydrogen-bond acceptors (Lipinski definition) is 4. The third-order valence-electron chi connectivity index (χ3n) is 2.61. The van der Waals surface area contributed by atoms with Gasteiger partial charge in [-0.2, -0.15) is 0 Å². The molecule has 0 aliphatic carbocycles. The number of benzene rings is 1. The summed E-state index contributed by atoms with van der Waals surface area (Å²) in [4.78, 5) is 23.2. The number of aromatic carboxylic acids is 1. The van der Waals surface area contributed by atoms with Crippen LogP contribution in [0.25, 0.3) is 0 Å². The quantitative estimate of drug-likeness (QED) is 0.715. The Balaban J connectivity index is 2.37. The zero-order chi connectivity index (χ0) is 12.4. The zero-order valence-electron chi connectivity index (χ0n) is 9.01. The molecule has 0 radical (unpaired) electrons. The molecular formula is C11H12N2O4. The first kappa shape index (κ1) is 11.3. The Kier molecular flexibility index (Phi) is 2.86.